The molecule has 3 nitrogen and oxygen atoms in total. The van der Waals surface area contributed by atoms with E-state index in [1.807, 2.05) is 0 Å². The fraction of sp³-hybridized carbons (Fsp3) is 0. The van der Waals surface area contributed by atoms with Gasteiger partial charge in [-0.25, -0.2) is 0 Å². The van der Waals surface area contributed by atoms with E-state index in [0.717, 1.165) is 0 Å². The normalized spacial score (nSPS) is 9.30. The molecule has 1 aromatic carbocycles. The molecule has 0 heterocycles. The number of rotatable bonds is 1. The van der Waals surface area contributed by atoms with Crippen LogP contribution in [0.25, 0.3) is 0 Å². The summed E-state index contributed by atoms with van der Waals surface area (Å²) in [5.74, 6) is 0. The topological polar surface area (TPSA) is 49.9 Å². The molecular weight excluding hydrogens is 152 g/mol. The zero-order valence-electron chi connectivity index (χ0n) is 5.04. The molecule has 52 valence electrons. The van der Waals surface area contributed by atoms with Crippen LogP contribution >= 0.6 is 11.6 Å². The predicted octanol–water partition coefficient (Wildman–Crippen LogP) is 2.51. The molecule has 0 aliphatic rings. The van der Waals surface area contributed by atoms with Gasteiger partial charge in [0.25, 0.3) is 5.69 Å². The minimum Gasteiger partial charge on any atom is -0.594 e. The highest BCUT2D eigenvalue weighted by Gasteiger charge is 2.04. The second kappa shape index (κ2) is 2.66. The van der Waals surface area contributed by atoms with Gasteiger partial charge < -0.3 is 5.21 Å². The lowest BCUT2D eigenvalue weighted by Gasteiger charge is -1.96. The van der Waals surface area contributed by atoms with Crippen LogP contribution in [0.2, 0.25) is 5.02 Å². The Hall–Kier alpha value is -1.09. The molecular formula is C6H5ClN2O. The predicted molar refractivity (Wildman–Crippen MR) is 37.5 cm³/mol. The third kappa shape index (κ3) is 1.25. The van der Waals surface area contributed by atoms with Gasteiger partial charge in [-0.15, -0.1) is 0 Å². The molecule has 1 N–H and O–H groups in total. The number of benzene rings is 1. The van der Waals surface area contributed by atoms with E-state index in [1.54, 1.807) is 18.2 Å². The molecule has 0 spiro atoms. The van der Waals surface area contributed by atoms with Crippen LogP contribution < -0.4 is 0 Å². The Morgan fingerprint density at radius 2 is 2.00 bits per heavy atom. The number of halogens is 1. The number of hydrogen-bond acceptors (Lipinski definition) is 2. The molecule has 0 aromatic heterocycles. The van der Waals surface area contributed by atoms with Gasteiger partial charge in [0.2, 0.25) is 0 Å². The Labute approximate surface area is 62.9 Å². The number of para-hydroxylation sites is 1. The van der Waals surface area contributed by atoms with Crippen molar-refractivity contribution in [1.82, 2.24) is 0 Å². The lowest BCUT2D eigenvalue weighted by molar-refractivity contribution is -0.465. The summed E-state index contributed by atoms with van der Waals surface area (Å²) < 4.78 is 0. The summed E-state index contributed by atoms with van der Waals surface area (Å²) in [5.41, 5.74) is 6.82. The van der Waals surface area contributed by atoms with Gasteiger partial charge in [-0.2, -0.15) is 0 Å². The highest BCUT2D eigenvalue weighted by molar-refractivity contribution is 6.32. The zero-order valence-corrected chi connectivity index (χ0v) is 5.80. The van der Waals surface area contributed by atoms with Crippen molar-refractivity contribution in [3.8, 4) is 0 Å². The monoisotopic (exact) mass is 156 g/mol. The second-order valence-corrected chi connectivity index (χ2v) is 2.15. The van der Waals surface area contributed by atoms with Crippen LogP contribution in [0.15, 0.2) is 24.3 Å². The minimum atomic E-state index is -0.0116. The molecule has 0 aliphatic heterocycles. The maximum absolute atomic E-state index is 10.4. The van der Waals surface area contributed by atoms with Crippen molar-refractivity contribution < 1.29 is 4.86 Å². The van der Waals surface area contributed by atoms with Crippen LogP contribution in [0, 0.1) is 10.7 Å². The first-order valence-electron chi connectivity index (χ1n) is 2.65. The van der Waals surface area contributed by atoms with Crippen molar-refractivity contribution in [2.24, 2.45) is 0 Å². The quantitative estimate of drug-likeness (QED) is 0.379. The summed E-state index contributed by atoms with van der Waals surface area (Å²) >= 11 is 5.56. The molecule has 0 atom stereocenters. The molecule has 0 fully saturated rings. The Balaban J connectivity index is 3.15. The van der Waals surface area contributed by atoms with Crippen molar-refractivity contribution in [1.29, 1.82) is 5.53 Å². The molecule has 0 aliphatic carbocycles. The Kier molecular flexibility index (Phi) is 1.87. The van der Waals surface area contributed by atoms with Crippen LogP contribution in [-0.4, -0.2) is 4.86 Å². The average Bonchev–Trinajstić information content (AvgIpc) is 1.88. The van der Waals surface area contributed by atoms with Crippen LogP contribution in [-0.2, 0) is 0 Å². The van der Waals surface area contributed by atoms with E-state index < -0.39 is 0 Å². The van der Waals surface area contributed by atoms with Crippen LogP contribution in [0.5, 0.6) is 0 Å². The molecule has 0 bridgehead atoms. The largest absolute Gasteiger partial charge is 0.594 e. The van der Waals surface area contributed by atoms with Crippen LogP contribution in [0.4, 0.5) is 5.69 Å². The number of hydrogen-bond donors (Lipinski definition) is 1. The van der Waals surface area contributed by atoms with E-state index in [9.17, 15) is 5.21 Å². The first-order valence-corrected chi connectivity index (χ1v) is 3.02. The molecule has 0 amide bonds. The van der Waals surface area contributed by atoms with Gasteiger partial charge >= 0.3 is 0 Å². The Bertz CT molecular complexity index is 262. The standard InChI is InChI=1S/C6H5ClN2O/c7-5-3-1-2-4-6(5)9(8)10/h1-4,8H. The summed E-state index contributed by atoms with van der Waals surface area (Å²) in [6.45, 7) is 0. The Morgan fingerprint density at radius 3 is 2.40 bits per heavy atom. The number of nitrogens with zero attached hydrogens (tertiary/aromatic N) is 1. The molecule has 1 rings (SSSR count). The minimum absolute atomic E-state index is 0.0116. The third-order valence-electron chi connectivity index (χ3n) is 1.07. The summed E-state index contributed by atoms with van der Waals surface area (Å²) in [6, 6.07) is 6.41. The Morgan fingerprint density at radius 1 is 1.40 bits per heavy atom. The van der Waals surface area contributed by atoms with Crippen molar-refractivity contribution in [2.75, 3.05) is 0 Å². The molecule has 0 unspecified atom stereocenters. The third-order valence-corrected chi connectivity index (χ3v) is 1.39. The van der Waals surface area contributed by atoms with Crippen LogP contribution in [0.1, 0.15) is 0 Å². The fourth-order valence-electron chi connectivity index (χ4n) is 0.616. The van der Waals surface area contributed by atoms with Crippen molar-refractivity contribution in [3.63, 3.8) is 0 Å². The summed E-state index contributed by atoms with van der Waals surface area (Å²) in [6.07, 6.45) is 0. The van der Waals surface area contributed by atoms with Gasteiger partial charge in [-0.3, -0.25) is 0 Å². The highest BCUT2D eigenvalue weighted by atomic mass is 35.5. The van der Waals surface area contributed by atoms with Gasteiger partial charge in [0.15, 0.2) is 0 Å². The van der Waals surface area contributed by atoms with E-state index in [0.29, 0.717) is 5.02 Å². The van der Waals surface area contributed by atoms with Crippen molar-refractivity contribution in [3.05, 3.63) is 34.5 Å². The summed E-state index contributed by atoms with van der Waals surface area (Å²) in [5, 5.41) is 10.7. The molecule has 0 radical (unpaired) electrons. The van der Waals surface area contributed by atoms with Crippen LogP contribution in [0.3, 0.4) is 0 Å². The van der Waals surface area contributed by atoms with Gasteiger partial charge in [-0.1, -0.05) is 28.6 Å². The molecule has 4 heteroatoms. The lowest BCUT2D eigenvalue weighted by Crippen LogP contribution is -1.86. The van der Waals surface area contributed by atoms with E-state index >= 15 is 0 Å². The highest BCUT2D eigenvalue weighted by Crippen LogP contribution is 2.22. The van der Waals surface area contributed by atoms with Gasteiger partial charge in [0.1, 0.15) is 5.02 Å². The first-order chi connectivity index (χ1) is 4.72. The fourth-order valence-corrected chi connectivity index (χ4v) is 0.829. The van der Waals surface area contributed by atoms with Gasteiger partial charge in [-0.05, 0) is 11.6 Å². The maximum atomic E-state index is 10.4. The molecule has 0 saturated carbocycles. The lowest BCUT2D eigenvalue weighted by atomic mass is 10.3. The van der Waals surface area contributed by atoms with E-state index in [-0.39, 0.29) is 10.5 Å². The SMILES string of the molecule is N=[N+]([O-])c1ccccc1Cl. The smallest absolute Gasteiger partial charge is 0.262 e. The number of nitrogens with one attached hydrogen (secondary N) is 1. The molecule has 0 saturated heterocycles. The van der Waals surface area contributed by atoms with Crippen molar-refractivity contribution >= 4 is 17.3 Å². The van der Waals surface area contributed by atoms with E-state index in [2.05, 4.69) is 0 Å². The first kappa shape index (κ1) is 7.02. The molecule has 1 aromatic rings. The van der Waals surface area contributed by atoms with Gasteiger partial charge in [0.05, 0.1) is 0 Å². The van der Waals surface area contributed by atoms with E-state index in [4.69, 9.17) is 17.1 Å². The molecule has 10 heavy (non-hydrogen) atoms. The average molecular weight is 157 g/mol. The summed E-state index contributed by atoms with van der Waals surface area (Å²) in [7, 11) is 0. The van der Waals surface area contributed by atoms with Crippen molar-refractivity contribution in [2.45, 2.75) is 0 Å². The maximum Gasteiger partial charge on any atom is 0.262 e. The zero-order chi connectivity index (χ0) is 7.56. The second-order valence-electron chi connectivity index (χ2n) is 1.75. The summed E-state index contributed by atoms with van der Waals surface area (Å²) in [4.78, 5) is -0.0116. The van der Waals surface area contributed by atoms with E-state index in [1.165, 1.54) is 6.07 Å². The van der Waals surface area contributed by atoms with Gasteiger partial charge in [0, 0.05) is 6.07 Å².